The molecule has 0 saturated carbocycles. The van der Waals surface area contributed by atoms with Crippen LogP contribution in [0, 0.1) is 0 Å². The second-order valence-electron chi connectivity index (χ2n) is 4.53. The molecular weight excluding hydrogens is 306 g/mol. The first-order valence-electron chi connectivity index (χ1n) is 7.09. The molecule has 0 heterocycles. The molecule has 0 atom stereocenters. The van der Waals surface area contributed by atoms with Gasteiger partial charge >= 0.3 is 0 Å². The summed E-state index contributed by atoms with van der Waals surface area (Å²) in [4.78, 5) is 12.1. The lowest BCUT2D eigenvalue weighted by molar-refractivity contribution is 0.0953. The summed E-state index contributed by atoms with van der Waals surface area (Å²) in [5, 5.41) is 5.83. The van der Waals surface area contributed by atoms with Crippen molar-refractivity contribution >= 4 is 15.9 Å². The van der Waals surface area contributed by atoms with Gasteiger partial charge in [0.2, 0.25) is 10.0 Å². The summed E-state index contributed by atoms with van der Waals surface area (Å²) in [6, 6.07) is 5.96. The van der Waals surface area contributed by atoms with Crippen molar-refractivity contribution in [3.05, 3.63) is 29.8 Å². The molecule has 124 valence electrons. The van der Waals surface area contributed by atoms with Gasteiger partial charge in [0.05, 0.1) is 11.5 Å². The molecule has 1 amide bonds. The van der Waals surface area contributed by atoms with E-state index >= 15 is 0 Å². The number of rotatable bonds is 10. The van der Waals surface area contributed by atoms with Crippen molar-refractivity contribution in [3.63, 3.8) is 0 Å². The van der Waals surface area contributed by atoms with E-state index in [0.717, 1.165) is 0 Å². The molecule has 0 saturated heterocycles. The minimum atomic E-state index is -3.56. The zero-order valence-corrected chi connectivity index (χ0v) is 13.7. The first kappa shape index (κ1) is 18.6. The van der Waals surface area contributed by atoms with Gasteiger partial charge in [-0.05, 0) is 18.2 Å². The Bertz CT molecular complexity index is 575. The largest absolute Gasteiger partial charge is 0.383 e. The monoisotopic (exact) mass is 329 g/mol. The van der Waals surface area contributed by atoms with Crippen LogP contribution in [0.1, 0.15) is 17.3 Å². The van der Waals surface area contributed by atoms with Crippen LogP contribution in [0.3, 0.4) is 0 Å². The molecule has 1 rings (SSSR count). The number of hydrogen-bond acceptors (Lipinski definition) is 5. The molecule has 7 nitrogen and oxygen atoms in total. The lowest BCUT2D eigenvalue weighted by Crippen LogP contribution is -2.33. The van der Waals surface area contributed by atoms with Gasteiger partial charge in [0, 0.05) is 38.9 Å². The zero-order valence-electron chi connectivity index (χ0n) is 12.9. The topological polar surface area (TPSA) is 96.5 Å². The Labute approximate surface area is 131 Å². The number of amides is 1. The van der Waals surface area contributed by atoms with Crippen LogP contribution in [0.25, 0.3) is 0 Å². The van der Waals surface area contributed by atoms with E-state index in [0.29, 0.717) is 38.3 Å². The van der Waals surface area contributed by atoms with E-state index in [9.17, 15) is 13.2 Å². The average Bonchev–Trinajstić information content (AvgIpc) is 2.50. The van der Waals surface area contributed by atoms with E-state index in [-0.39, 0.29) is 10.8 Å². The molecule has 22 heavy (non-hydrogen) atoms. The molecule has 0 fully saturated rings. The molecular formula is C14H23N3O4S. The number of ether oxygens (including phenoxy) is 1. The smallest absolute Gasteiger partial charge is 0.251 e. The Hall–Kier alpha value is -1.48. The van der Waals surface area contributed by atoms with Crippen molar-refractivity contribution in [2.75, 3.05) is 39.9 Å². The van der Waals surface area contributed by atoms with E-state index in [4.69, 9.17) is 4.74 Å². The van der Waals surface area contributed by atoms with Crippen LogP contribution in [-0.2, 0) is 14.8 Å². The Balaban J connectivity index is 2.56. The fraction of sp³-hybridized carbons (Fsp3) is 0.500. The number of hydrogen-bond donors (Lipinski definition) is 3. The van der Waals surface area contributed by atoms with Crippen LogP contribution in [0.15, 0.2) is 29.2 Å². The van der Waals surface area contributed by atoms with Crippen LogP contribution in [0.4, 0.5) is 0 Å². The molecule has 3 N–H and O–H groups in total. The Morgan fingerprint density at radius 3 is 2.68 bits per heavy atom. The summed E-state index contributed by atoms with van der Waals surface area (Å²) < 4.78 is 31.1. The predicted molar refractivity (Wildman–Crippen MR) is 84.4 cm³/mol. The Kier molecular flexibility index (Phi) is 8.03. The SMILES string of the molecule is CCNS(=O)(=O)c1cccc(C(=O)NCCNCCOC)c1. The molecule has 0 spiro atoms. The van der Waals surface area contributed by atoms with Crippen molar-refractivity contribution < 1.29 is 17.9 Å². The number of carbonyl (C=O) groups excluding carboxylic acids is 1. The summed E-state index contributed by atoms with van der Waals surface area (Å²) in [6.07, 6.45) is 0. The molecule has 0 unspecified atom stereocenters. The van der Waals surface area contributed by atoms with Gasteiger partial charge in [-0.15, -0.1) is 0 Å². The van der Waals surface area contributed by atoms with E-state index in [2.05, 4.69) is 15.4 Å². The quantitative estimate of drug-likeness (QED) is 0.523. The van der Waals surface area contributed by atoms with Crippen molar-refractivity contribution in [1.82, 2.24) is 15.4 Å². The van der Waals surface area contributed by atoms with E-state index in [1.54, 1.807) is 26.2 Å². The number of nitrogens with one attached hydrogen (secondary N) is 3. The number of benzene rings is 1. The third-order valence-corrected chi connectivity index (χ3v) is 4.35. The Morgan fingerprint density at radius 2 is 2.00 bits per heavy atom. The molecule has 0 bridgehead atoms. The van der Waals surface area contributed by atoms with Gasteiger partial charge in [0.1, 0.15) is 0 Å². The Morgan fingerprint density at radius 1 is 1.23 bits per heavy atom. The van der Waals surface area contributed by atoms with Gasteiger partial charge in [-0.25, -0.2) is 13.1 Å². The fourth-order valence-corrected chi connectivity index (χ4v) is 2.83. The highest BCUT2D eigenvalue weighted by Crippen LogP contribution is 2.11. The second kappa shape index (κ2) is 9.52. The molecule has 1 aromatic rings. The minimum absolute atomic E-state index is 0.0835. The lowest BCUT2D eigenvalue weighted by Gasteiger charge is -2.08. The third kappa shape index (κ3) is 6.10. The first-order chi connectivity index (χ1) is 10.5. The van der Waals surface area contributed by atoms with Gasteiger partial charge in [-0.1, -0.05) is 13.0 Å². The molecule has 8 heteroatoms. The van der Waals surface area contributed by atoms with Crippen LogP contribution in [0.5, 0.6) is 0 Å². The summed E-state index contributed by atoms with van der Waals surface area (Å²) in [5.41, 5.74) is 0.316. The van der Waals surface area contributed by atoms with Gasteiger partial charge in [0.15, 0.2) is 0 Å². The minimum Gasteiger partial charge on any atom is -0.383 e. The van der Waals surface area contributed by atoms with Gasteiger partial charge < -0.3 is 15.4 Å². The van der Waals surface area contributed by atoms with Crippen molar-refractivity contribution in [3.8, 4) is 0 Å². The lowest BCUT2D eigenvalue weighted by atomic mass is 10.2. The van der Waals surface area contributed by atoms with Gasteiger partial charge in [0.25, 0.3) is 5.91 Å². The van der Waals surface area contributed by atoms with Crippen molar-refractivity contribution in [2.45, 2.75) is 11.8 Å². The maximum atomic E-state index is 12.0. The molecule has 0 aromatic heterocycles. The second-order valence-corrected chi connectivity index (χ2v) is 6.29. The van der Waals surface area contributed by atoms with Gasteiger partial charge in [-0.2, -0.15) is 0 Å². The summed E-state index contributed by atoms with van der Waals surface area (Å²) in [5.74, 6) is -0.304. The maximum Gasteiger partial charge on any atom is 0.251 e. The number of methoxy groups -OCH3 is 1. The zero-order chi connectivity index (χ0) is 16.4. The van der Waals surface area contributed by atoms with E-state index in [1.165, 1.54) is 12.1 Å². The van der Waals surface area contributed by atoms with Crippen molar-refractivity contribution in [2.24, 2.45) is 0 Å². The molecule has 0 aliphatic carbocycles. The molecule has 0 aliphatic rings. The molecule has 1 aromatic carbocycles. The van der Waals surface area contributed by atoms with Crippen LogP contribution in [-0.4, -0.2) is 54.2 Å². The maximum absolute atomic E-state index is 12.0. The highest BCUT2D eigenvalue weighted by atomic mass is 32.2. The predicted octanol–water partition coefficient (Wildman–Crippen LogP) is -0.0494. The summed E-state index contributed by atoms with van der Waals surface area (Å²) in [6.45, 7) is 4.38. The average molecular weight is 329 g/mol. The highest BCUT2D eigenvalue weighted by Gasteiger charge is 2.14. The highest BCUT2D eigenvalue weighted by molar-refractivity contribution is 7.89. The fourth-order valence-electron chi connectivity index (χ4n) is 1.74. The number of sulfonamides is 1. The molecule has 0 radical (unpaired) electrons. The number of carbonyl (C=O) groups is 1. The first-order valence-corrected chi connectivity index (χ1v) is 8.57. The standard InChI is InChI=1S/C14H23N3O4S/c1-3-17-22(19,20)13-6-4-5-12(11-13)14(18)16-8-7-15-9-10-21-2/h4-6,11,15,17H,3,7-10H2,1-2H3,(H,16,18). The van der Waals surface area contributed by atoms with Crippen LogP contribution in [0.2, 0.25) is 0 Å². The van der Waals surface area contributed by atoms with Crippen LogP contribution >= 0.6 is 0 Å². The summed E-state index contributed by atoms with van der Waals surface area (Å²) in [7, 11) is -1.94. The van der Waals surface area contributed by atoms with Crippen molar-refractivity contribution in [1.29, 1.82) is 0 Å². The summed E-state index contributed by atoms with van der Waals surface area (Å²) >= 11 is 0. The van der Waals surface area contributed by atoms with E-state index < -0.39 is 10.0 Å². The normalized spacial score (nSPS) is 11.4. The van der Waals surface area contributed by atoms with Gasteiger partial charge in [-0.3, -0.25) is 4.79 Å². The third-order valence-electron chi connectivity index (χ3n) is 2.81. The van der Waals surface area contributed by atoms with Crippen LogP contribution < -0.4 is 15.4 Å². The molecule has 0 aliphatic heterocycles. The van der Waals surface area contributed by atoms with E-state index in [1.807, 2.05) is 0 Å².